The van der Waals surface area contributed by atoms with E-state index < -0.39 is 0 Å². The van der Waals surface area contributed by atoms with Crippen LogP contribution in [0.1, 0.15) is 11.8 Å². The van der Waals surface area contributed by atoms with Crippen LogP contribution in [0.3, 0.4) is 0 Å². The molecule has 0 spiro atoms. The van der Waals surface area contributed by atoms with Crippen molar-refractivity contribution < 1.29 is 13.9 Å². The Kier molecular flexibility index (Phi) is 5.55. The third-order valence-corrected chi connectivity index (χ3v) is 5.35. The van der Waals surface area contributed by atoms with Crippen molar-refractivity contribution in [2.75, 3.05) is 13.2 Å². The fourth-order valence-corrected chi connectivity index (χ4v) is 4.15. The van der Waals surface area contributed by atoms with E-state index in [2.05, 4.69) is 4.99 Å². The molecule has 3 aromatic rings. The second-order valence-electron chi connectivity index (χ2n) is 5.11. The minimum absolute atomic E-state index is 0.199. The Bertz CT molecular complexity index is 897. The molecule has 2 aromatic heterocycles. The number of thiazole rings is 1. The molecule has 0 aliphatic rings. The molecule has 0 aliphatic carbocycles. The number of ether oxygens (including phenoxy) is 1. The minimum atomic E-state index is -0.294. The van der Waals surface area contributed by atoms with Crippen molar-refractivity contribution >= 4 is 38.8 Å². The molecule has 0 saturated heterocycles. The smallest absolute Gasteiger partial charge is 0.253 e. The zero-order chi connectivity index (χ0) is 16.9. The Morgan fingerprint density at radius 3 is 3.00 bits per heavy atom. The summed E-state index contributed by atoms with van der Waals surface area (Å²) in [4.78, 5) is 18.0. The number of fused-ring (bicyclic) bond motifs is 1. The van der Waals surface area contributed by atoms with Gasteiger partial charge in [-0.05, 0) is 36.6 Å². The number of aromatic nitrogens is 1. The van der Waals surface area contributed by atoms with Crippen molar-refractivity contribution in [1.29, 1.82) is 0 Å². The maximum Gasteiger partial charge on any atom is 0.253 e. The average Bonchev–Trinajstić information content (AvgIpc) is 3.15. The van der Waals surface area contributed by atoms with E-state index in [0.717, 1.165) is 15.1 Å². The molecule has 0 atom stereocenters. The predicted molar refractivity (Wildman–Crippen MR) is 94.9 cm³/mol. The van der Waals surface area contributed by atoms with Crippen LogP contribution >= 0.6 is 22.7 Å². The lowest BCUT2D eigenvalue weighted by Crippen LogP contribution is -2.20. The molecule has 4 nitrogen and oxygen atoms in total. The summed E-state index contributed by atoms with van der Waals surface area (Å²) in [6.07, 6.45) is 0.283. The van der Waals surface area contributed by atoms with Crippen LogP contribution in [0, 0.1) is 5.82 Å². The first-order valence-corrected chi connectivity index (χ1v) is 9.33. The Labute approximate surface area is 146 Å². The molecule has 1 amide bonds. The first kappa shape index (κ1) is 17.0. The van der Waals surface area contributed by atoms with Crippen molar-refractivity contribution in [3.8, 4) is 0 Å². The van der Waals surface area contributed by atoms with Crippen LogP contribution < -0.4 is 4.80 Å². The lowest BCUT2D eigenvalue weighted by atomic mass is 10.3. The third kappa shape index (κ3) is 3.98. The number of rotatable bonds is 6. The predicted octanol–water partition coefficient (Wildman–Crippen LogP) is 3.61. The summed E-state index contributed by atoms with van der Waals surface area (Å²) in [5.41, 5.74) is 0.865. The van der Waals surface area contributed by atoms with E-state index in [1.807, 2.05) is 29.0 Å². The van der Waals surface area contributed by atoms with Crippen LogP contribution in [-0.4, -0.2) is 23.7 Å². The molecule has 0 N–H and O–H groups in total. The minimum Gasteiger partial charge on any atom is -0.380 e. The van der Waals surface area contributed by atoms with Crippen LogP contribution in [0.15, 0.2) is 40.7 Å². The summed E-state index contributed by atoms with van der Waals surface area (Å²) in [5, 5.41) is 1.94. The number of halogens is 1. The molecular formula is C17H17FN2O2S2. The van der Waals surface area contributed by atoms with Crippen molar-refractivity contribution in [2.45, 2.75) is 19.9 Å². The fraction of sp³-hybridized carbons (Fsp3) is 0.294. The van der Waals surface area contributed by atoms with Gasteiger partial charge in [0, 0.05) is 18.0 Å². The number of carbonyl (C=O) groups is 1. The Balaban J connectivity index is 1.96. The Morgan fingerprint density at radius 1 is 1.38 bits per heavy atom. The zero-order valence-corrected chi connectivity index (χ0v) is 14.8. The number of hydrogen-bond donors (Lipinski definition) is 0. The molecule has 3 rings (SSSR count). The molecule has 0 unspecified atom stereocenters. The first-order chi connectivity index (χ1) is 11.7. The van der Waals surface area contributed by atoms with E-state index in [1.54, 1.807) is 6.07 Å². The maximum absolute atomic E-state index is 13.5. The second-order valence-corrected chi connectivity index (χ2v) is 7.15. The molecule has 0 bridgehead atoms. The Hall–Kier alpha value is -1.83. The Morgan fingerprint density at radius 2 is 2.25 bits per heavy atom. The quantitative estimate of drug-likeness (QED) is 0.627. The fourth-order valence-electron chi connectivity index (χ4n) is 2.36. The lowest BCUT2D eigenvalue weighted by molar-refractivity contribution is -0.117. The largest absolute Gasteiger partial charge is 0.380 e. The summed E-state index contributed by atoms with van der Waals surface area (Å²) < 4.78 is 21.6. The van der Waals surface area contributed by atoms with Crippen molar-refractivity contribution in [3.05, 3.63) is 51.2 Å². The van der Waals surface area contributed by atoms with Gasteiger partial charge < -0.3 is 9.30 Å². The number of benzene rings is 1. The van der Waals surface area contributed by atoms with Gasteiger partial charge in [-0.25, -0.2) is 4.39 Å². The third-order valence-electron chi connectivity index (χ3n) is 3.43. The highest BCUT2D eigenvalue weighted by Crippen LogP contribution is 2.19. The molecule has 0 aliphatic heterocycles. The van der Waals surface area contributed by atoms with Crippen LogP contribution in [0.4, 0.5) is 4.39 Å². The second kappa shape index (κ2) is 7.83. The van der Waals surface area contributed by atoms with E-state index in [0.29, 0.717) is 24.6 Å². The molecule has 7 heteroatoms. The van der Waals surface area contributed by atoms with Crippen LogP contribution in [0.2, 0.25) is 0 Å². The van der Waals surface area contributed by atoms with Gasteiger partial charge in [-0.2, -0.15) is 4.99 Å². The zero-order valence-electron chi connectivity index (χ0n) is 13.2. The van der Waals surface area contributed by atoms with E-state index >= 15 is 0 Å². The lowest BCUT2D eigenvalue weighted by Gasteiger charge is -2.05. The van der Waals surface area contributed by atoms with Gasteiger partial charge in [-0.1, -0.05) is 17.4 Å². The molecule has 24 heavy (non-hydrogen) atoms. The highest BCUT2D eigenvalue weighted by molar-refractivity contribution is 7.16. The number of carbonyl (C=O) groups excluding carboxylic acids is 1. The average molecular weight is 364 g/mol. The van der Waals surface area contributed by atoms with E-state index in [-0.39, 0.29) is 18.1 Å². The van der Waals surface area contributed by atoms with Gasteiger partial charge in [0.15, 0.2) is 4.80 Å². The van der Waals surface area contributed by atoms with Gasteiger partial charge in [0.1, 0.15) is 5.82 Å². The van der Waals surface area contributed by atoms with E-state index in [4.69, 9.17) is 4.74 Å². The highest BCUT2D eigenvalue weighted by atomic mass is 32.1. The topological polar surface area (TPSA) is 43.6 Å². The summed E-state index contributed by atoms with van der Waals surface area (Å²) in [7, 11) is 0. The molecule has 0 fully saturated rings. The summed E-state index contributed by atoms with van der Waals surface area (Å²) >= 11 is 2.86. The van der Waals surface area contributed by atoms with Gasteiger partial charge in [-0.15, -0.1) is 11.3 Å². The van der Waals surface area contributed by atoms with Gasteiger partial charge in [0.2, 0.25) is 0 Å². The number of amides is 1. The van der Waals surface area contributed by atoms with E-state index in [9.17, 15) is 9.18 Å². The monoisotopic (exact) mass is 364 g/mol. The van der Waals surface area contributed by atoms with E-state index in [1.165, 1.54) is 34.8 Å². The van der Waals surface area contributed by atoms with Gasteiger partial charge in [0.25, 0.3) is 5.91 Å². The summed E-state index contributed by atoms with van der Waals surface area (Å²) in [6, 6.07) is 8.44. The molecule has 126 valence electrons. The highest BCUT2D eigenvalue weighted by Gasteiger charge is 2.09. The number of nitrogens with zero attached hydrogens (tertiary/aromatic N) is 2. The SMILES string of the molecule is CCOCCn1c(=NC(=O)Cc2cccs2)sc2cc(F)ccc21. The van der Waals surface area contributed by atoms with Gasteiger partial charge in [0.05, 0.1) is 23.2 Å². The summed E-state index contributed by atoms with van der Waals surface area (Å²) in [6.45, 7) is 3.65. The van der Waals surface area contributed by atoms with Crippen molar-refractivity contribution in [2.24, 2.45) is 4.99 Å². The van der Waals surface area contributed by atoms with Gasteiger partial charge in [-0.3, -0.25) is 4.79 Å². The standard InChI is InChI=1S/C17H17FN2O2S2/c1-2-22-8-7-20-14-6-5-12(18)10-15(14)24-17(20)19-16(21)11-13-4-3-9-23-13/h3-6,9-10H,2,7-8,11H2,1H3. The van der Waals surface area contributed by atoms with Gasteiger partial charge >= 0.3 is 0 Å². The molecular weight excluding hydrogens is 347 g/mol. The molecule has 2 heterocycles. The van der Waals surface area contributed by atoms with Crippen molar-refractivity contribution in [1.82, 2.24) is 4.57 Å². The number of thiophene rings is 1. The summed E-state index contributed by atoms with van der Waals surface area (Å²) in [5.74, 6) is -0.494. The molecule has 0 radical (unpaired) electrons. The molecule has 1 aromatic carbocycles. The first-order valence-electron chi connectivity index (χ1n) is 7.64. The maximum atomic E-state index is 13.5. The van der Waals surface area contributed by atoms with Crippen LogP contribution in [0.5, 0.6) is 0 Å². The molecule has 0 saturated carbocycles. The number of hydrogen-bond acceptors (Lipinski definition) is 4. The van der Waals surface area contributed by atoms with Crippen LogP contribution in [0.25, 0.3) is 10.2 Å². The van der Waals surface area contributed by atoms with Crippen LogP contribution in [-0.2, 0) is 22.5 Å². The van der Waals surface area contributed by atoms with Crippen molar-refractivity contribution in [3.63, 3.8) is 0 Å². The normalized spacial score (nSPS) is 12.2.